The van der Waals surface area contributed by atoms with Crippen molar-refractivity contribution in [3.8, 4) is 0 Å². The van der Waals surface area contributed by atoms with E-state index >= 15 is 0 Å². The molecule has 1 aromatic carbocycles. The first-order valence-electron chi connectivity index (χ1n) is 8.06. The zero-order valence-corrected chi connectivity index (χ0v) is 14.5. The van der Waals surface area contributed by atoms with Crippen LogP contribution in [0.5, 0.6) is 0 Å². The van der Waals surface area contributed by atoms with Gasteiger partial charge in [-0.15, -0.1) is 0 Å². The molecule has 0 radical (unpaired) electrons. The molecule has 2 aliphatic heterocycles. The maximum atomic E-state index is 8.81. The second kappa shape index (κ2) is 4.57. The third kappa shape index (κ3) is 1.80. The highest BCUT2D eigenvalue weighted by molar-refractivity contribution is 9.10. The maximum absolute atomic E-state index is 8.81. The Balaban J connectivity index is 1.87. The molecule has 1 N–H and O–H groups in total. The third-order valence-electron chi connectivity index (χ3n) is 5.84. The number of rotatable bonds is 0. The van der Waals surface area contributed by atoms with E-state index in [1.165, 1.54) is 32.1 Å². The number of halogens is 2. The molecule has 0 amide bonds. The van der Waals surface area contributed by atoms with Crippen LogP contribution in [0.25, 0.3) is 10.9 Å². The highest BCUT2D eigenvalue weighted by atomic mass is 79.9. The van der Waals surface area contributed by atoms with Gasteiger partial charge in [-0.25, -0.2) is 4.98 Å². The number of hydrogen-bond acceptors (Lipinski definition) is 2. The Labute approximate surface area is 142 Å². The van der Waals surface area contributed by atoms with E-state index < -0.39 is 0 Å². The summed E-state index contributed by atoms with van der Waals surface area (Å²) in [4.78, 5) is 4.98. The van der Waals surface area contributed by atoms with Gasteiger partial charge in [-0.1, -0.05) is 11.6 Å². The van der Waals surface area contributed by atoms with Crippen LogP contribution in [0.15, 0.2) is 16.6 Å². The summed E-state index contributed by atoms with van der Waals surface area (Å²) in [7, 11) is 0. The molecule has 0 spiro atoms. The van der Waals surface area contributed by atoms with Gasteiger partial charge >= 0.3 is 0 Å². The van der Waals surface area contributed by atoms with Gasteiger partial charge in [0.05, 0.1) is 10.9 Å². The molecule has 3 heterocycles. The van der Waals surface area contributed by atoms with E-state index in [-0.39, 0.29) is 0 Å². The summed E-state index contributed by atoms with van der Waals surface area (Å²) in [6.45, 7) is 0. The largest absolute Gasteiger partial charge is 0.311 e. The molecule has 114 valence electrons. The number of nitrogens with one attached hydrogen (secondary N) is 1. The Kier molecular flexibility index (Phi) is 2.82. The summed E-state index contributed by atoms with van der Waals surface area (Å²) in [6, 6.07) is 4.24. The fourth-order valence-electron chi connectivity index (χ4n) is 5.19. The van der Waals surface area contributed by atoms with Gasteiger partial charge in [-0.2, -0.15) is 0 Å². The van der Waals surface area contributed by atoms with Gasteiger partial charge in [0.25, 0.3) is 0 Å². The van der Waals surface area contributed by atoms with Crippen LogP contribution in [0.4, 0.5) is 0 Å². The standard InChI is InChI=1S/C17H17BrClN3/c18-13-6-11(19)7-14-15(13)16(20)22-12-4-8-1-9(5-12)3-10(2-8)17(22)21-14/h6-10,12,20H,1-5H2. The summed E-state index contributed by atoms with van der Waals surface area (Å²) >= 11 is 9.78. The smallest absolute Gasteiger partial charge is 0.137 e. The van der Waals surface area contributed by atoms with Crippen LogP contribution in [0.2, 0.25) is 5.02 Å². The molecule has 4 bridgehead atoms. The number of hydrogen-bond donors (Lipinski definition) is 1. The van der Waals surface area contributed by atoms with Crippen molar-refractivity contribution < 1.29 is 0 Å². The normalized spacial score (nSPS) is 32.3. The number of nitrogens with zero attached hydrogens (tertiary/aromatic N) is 2. The van der Waals surface area contributed by atoms with E-state index in [4.69, 9.17) is 22.0 Å². The van der Waals surface area contributed by atoms with Crippen molar-refractivity contribution in [1.82, 2.24) is 9.55 Å². The lowest BCUT2D eigenvalue weighted by molar-refractivity contribution is 0.150. The molecule has 0 saturated heterocycles. The zero-order valence-electron chi connectivity index (χ0n) is 12.1. The summed E-state index contributed by atoms with van der Waals surface area (Å²) in [5.41, 5.74) is 1.47. The Hall–Kier alpha value is -0.870. The molecular formula is C17H17BrClN3. The molecular weight excluding hydrogens is 362 g/mol. The molecule has 1 aromatic heterocycles. The minimum absolute atomic E-state index is 0.471. The van der Waals surface area contributed by atoms with Crippen molar-refractivity contribution in [2.45, 2.75) is 44.1 Å². The fourth-order valence-corrected chi connectivity index (χ4v) is 6.17. The monoisotopic (exact) mass is 377 g/mol. The second-order valence-electron chi connectivity index (χ2n) is 7.23. The van der Waals surface area contributed by atoms with Crippen molar-refractivity contribution in [2.75, 3.05) is 0 Å². The first kappa shape index (κ1) is 13.6. The quantitative estimate of drug-likeness (QED) is 0.704. The topological polar surface area (TPSA) is 41.7 Å². The maximum Gasteiger partial charge on any atom is 0.137 e. The summed E-state index contributed by atoms with van der Waals surface area (Å²) in [5, 5.41) is 10.4. The predicted molar refractivity (Wildman–Crippen MR) is 90.1 cm³/mol. The van der Waals surface area contributed by atoms with Crippen LogP contribution in [0, 0.1) is 17.2 Å². The van der Waals surface area contributed by atoms with E-state index in [0.29, 0.717) is 22.5 Å². The SMILES string of the molecule is N=c1c2c(Br)cc(Cl)cc2nc2n1C1CC3CC(CC2C3)C1. The summed E-state index contributed by atoms with van der Waals surface area (Å²) < 4.78 is 3.14. The van der Waals surface area contributed by atoms with E-state index in [1.54, 1.807) is 0 Å². The van der Waals surface area contributed by atoms with Crippen molar-refractivity contribution in [3.63, 3.8) is 0 Å². The van der Waals surface area contributed by atoms with Crippen LogP contribution in [0.1, 0.15) is 49.9 Å². The van der Waals surface area contributed by atoms with Crippen LogP contribution in [-0.2, 0) is 0 Å². The Bertz CT molecular complexity index is 845. The third-order valence-corrected chi connectivity index (χ3v) is 6.68. The molecule has 4 aliphatic rings. The molecule has 6 rings (SSSR count). The first-order chi connectivity index (χ1) is 10.6. The van der Waals surface area contributed by atoms with Gasteiger partial charge in [0.15, 0.2) is 0 Å². The Morgan fingerprint density at radius 2 is 1.86 bits per heavy atom. The first-order valence-corrected chi connectivity index (χ1v) is 9.23. The van der Waals surface area contributed by atoms with Crippen molar-refractivity contribution >= 4 is 38.4 Å². The van der Waals surface area contributed by atoms with Gasteiger partial charge in [-0.05, 0) is 72.0 Å². The molecule has 5 heteroatoms. The predicted octanol–water partition coefficient (Wildman–Crippen LogP) is 4.78. The van der Waals surface area contributed by atoms with Crippen molar-refractivity contribution in [1.29, 1.82) is 5.41 Å². The number of aromatic nitrogens is 2. The van der Waals surface area contributed by atoms with E-state index in [1.807, 2.05) is 12.1 Å². The molecule has 2 aromatic rings. The van der Waals surface area contributed by atoms with Gasteiger partial charge in [-0.3, -0.25) is 5.41 Å². The highest BCUT2D eigenvalue weighted by Crippen LogP contribution is 2.52. The summed E-state index contributed by atoms with van der Waals surface area (Å²) in [5.74, 6) is 3.33. The van der Waals surface area contributed by atoms with Gasteiger partial charge < -0.3 is 4.57 Å². The number of fused-ring (bicyclic) bond motifs is 1. The molecule has 2 saturated carbocycles. The molecule has 3 nitrogen and oxygen atoms in total. The molecule has 2 aliphatic carbocycles. The minimum atomic E-state index is 0.471. The highest BCUT2D eigenvalue weighted by Gasteiger charge is 2.43. The van der Waals surface area contributed by atoms with Gasteiger partial charge in [0, 0.05) is 21.5 Å². The lowest BCUT2D eigenvalue weighted by atomic mass is 9.68. The van der Waals surface area contributed by atoms with Crippen molar-refractivity contribution in [3.05, 3.63) is 32.9 Å². The second-order valence-corrected chi connectivity index (χ2v) is 8.52. The van der Waals surface area contributed by atoms with Crippen molar-refractivity contribution in [2.24, 2.45) is 11.8 Å². The van der Waals surface area contributed by atoms with E-state index in [0.717, 1.165) is 33.0 Å². The summed E-state index contributed by atoms with van der Waals surface area (Å²) in [6.07, 6.45) is 6.37. The van der Waals surface area contributed by atoms with Crippen LogP contribution < -0.4 is 5.49 Å². The molecule has 2 atom stereocenters. The Morgan fingerprint density at radius 3 is 2.59 bits per heavy atom. The Morgan fingerprint density at radius 1 is 1.14 bits per heavy atom. The number of benzene rings is 1. The van der Waals surface area contributed by atoms with Crippen LogP contribution in [-0.4, -0.2) is 9.55 Å². The average molecular weight is 379 g/mol. The van der Waals surface area contributed by atoms with E-state index in [9.17, 15) is 0 Å². The lowest BCUT2D eigenvalue weighted by Crippen LogP contribution is -2.31. The lowest BCUT2D eigenvalue weighted by Gasteiger charge is -2.37. The molecule has 22 heavy (non-hydrogen) atoms. The molecule has 2 unspecified atom stereocenters. The molecule has 2 fully saturated rings. The van der Waals surface area contributed by atoms with Gasteiger partial charge in [0.1, 0.15) is 11.3 Å². The average Bonchev–Trinajstić information content (AvgIpc) is 2.60. The van der Waals surface area contributed by atoms with Crippen LogP contribution >= 0.6 is 27.5 Å². The van der Waals surface area contributed by atoms with Gasteiger partial charge in [0.2, 0.25) is 0 Å². The fraction of sp³-hybridized carbons (Fsp3) is 0.529. The van der Waals surface area contributed by atoms with E-state index in [2.05, 4.69) is 20.5 Å². The van der Waals surface area contributed by atoms with Crippen LogP contribution in [0.3, 0.4) is 0 Å². The minimum Gasteiger partial charge on any atom is -0.311 e. The zero-order chi connectivity index (χ0) is 15.0.